The van der Waals surface area contributed by atoms with Crippen LogP contribution in [0.2, 0.25) is 0 Å². The van der Waals surface area contributed by atoms with Crippen LogP contribution in [0.5, 0.6) is 0 Å². The first-order valence-corrected chi connectivity index (χ1v) is 3.81. The van der Waals surface area contributed by atoms with E-state index in [1.54, 1.807) is 13.2 Å². The molecule has 1 aliphatic rings. The number of halogens is 1. The molecule has 0 aromatic carbocycles. The molecule has 1 unspecified atom stereocenters. The lowest BCUT2D eigenvalue weighted by Gasteiger charge is -2.16. The molecule has 0 saturated heterocycles. The average Bonchev–Trinajstić information content (AvgIpc) is 1.85. The molecule has 0 bridgehead atoms. The standard InChI is InChI=1S/C7H9BrO2/c1-5-3-6(8)4-7(9-2)10-5/h3-5H,1-2H3. The van der Waals surface area contributed by atoms with Crippen LogP contribution >= 0.6 is 15.9 Å². The van der Waals surface area contributed by atoms with Crippen molar-refractivity contribution in [2.24, 2.45) is 0 Å². The second-order valence-electron chi connectivity index (χ2n) is 2.04. The molecule has 10 heavy (non-hydrogen) atoms. The minimum atomic E-state index is 0.0920. The molecule has 1 heterocycles. The number of hydrogen-bond acceptors (Lipinski definition) is 2. The molecule has 2 nitrogen and oxygen atoms in total. The van der Waals surface area contributed by atoms with Gasteiger partial charge in [0, 0.05) is 10.6 Å². The molecule has 0 aliphatic carbocycles. The Balaban J connectivity index is 2.70. The van der Waals surface area contributed by atoms with E-state index in [-0.39, 0.29) is 6.10 Å². The largest absolute Gasteiger partial charge is 0.469 e. The predicted molar refractivity (Wildman–Crippen MR) is 42.6 cm³/mol. The Kier molecular flexibility index (Phi) is 2.38. The fourth-order valence-electron chi connectivity index (χ4n) is 0.743. The van der Waals surface area contributed by atoms with Crippen LogP contribution in [0.25, 0.3) is 0 Å². The van der Waals surface area contributed by atoms with Gasteiger partial charge in [0.05, 0.1) is 7.11 Å². The monoisotopic (exact) mass is 204 g/mol. The molecule has 1 aliphatic heterocycles. The van der Waals surface area contributed by atoms with E-state index >= 15 is 0 Å². The lowest BCUT2D eigenvalue weighted by molar-refractivity contribution is 0.0361. The highest BCUT2D eigenvalue weighted by atomic mass is 79.9. The van der Waals surface area contributed by atoms with Crippen molar-refractivity contribution in [1.82, 2.24) is 0 Å². The van der Waals surface area contributed by atoms with Crippen molar-refractivity contribution in [2.45, 2.75) is 13.0 Å². The Morgan fingerprint density at radius 1 is 1.70 bits per heavy atom. The van der Waals surface area contributed by atoms with E-state index < -0.39 is 0 Å². The van der Waals surface area contributed by atoms with Crippen molar-refractivity contribution in [1.29, 1.82) is 0 Å². The van der Waals surface area contributed by atoms with E-state index in [1.807, 2.05) is 13.0 Å². The predicted octanol–water partition coefficient (Wildman–Crippen LogP) is 2.17. The summed E-state index contributed by atoms with van der Waals surface area (Å²) in [5, 5.41) is 0. The first kappa shape index (κ1) is 7.66. The van der Waals surface area contributed by atoms with Crippen LogP contribution < -0.4 is 0 Å². The van der Waals surface area contributed by atoms with E-state index in [0.29, 0.717) is 5.95 Å². The Labute approximate surface area is 68.6 Å². The summed E-state index contributed by atoms with van der Waals surface area (Å²) in [6, 6.07) is 0. The van der Waals surface area contributed by atoms with Gasteiger partial charge in [0.15, 0.2) is 0 Å². The second kappa shape index (κ2) is 3.10. The molecule has 0 fully saturated rings. The molecule has 0 spiro atoms. The molecule has 0 N–H and O–H groups in total. The molecule has 0 amide bonds. The zero-order valence-electron chi connectivity index (χ0n) is 5.93. The fraction of sp³-hybridized carbons (Fsp3) is 0.429. The van der Waals surface area contributed by atoms with Gasteiger partial charge in [-0.1, -0.05) is 15.9 Å². The summed E-state index contributed by atoms with van der Waals surface area (Å²) in [7, 11) is 1.59. The highest BCUT2D eigenvalue weighted by molar-refractivity contribution is 9.11. The number of methoxy groups -OCH3 is 1. The Hall–Kier alpha value is -0.440. The molecular weight excluding hydrogens is 196 g/mol. The van der Waals surface area contributed by atoms with Crippen LogP contribution in [-0.4, -0.2) is 13.2 Å². The van der Waals surface area contributed by atoms with Crippen LogP contribution in [0.1, 0.15) is 6.92 Å². The van der Waals surface area contributed by atoms with Gasteiger partial charge in [-0.25, -0.2) is 0 Å². The van der Waals surface area contributed by atoms with Gasteiger partial charge in [0.25, 0.3) is 5.95 Å². The third kappa shape index (κ3) is 1.77. The Morgan fingerprint density at radius 2 is 2.40 bits per heavy atom. The topological polar surface area (TPSA) is 18.5 Å². The lowest BCUT2D eigenvalue weighted by atomic mass is 10.3. The maximum absolute atomic E-state index is 5.24. The molecular formula is C7H9BrO2. The smallest absolute Gasteiger partial charge is 0.280 e. The van der Waals surface area contributed by atoms with E-state index in [1.165, 1.54) is 0 Å². The third-order valence-electron chi connectivity index (χ3n) is 1.15. The van der Waals surface area contributed by atoms with Gasteiger partial charge < -0.3 is 9.47 Å². The third-order valence-corrected chi connectivity index (χ3v) is 1.65. The number of hydrogen-bond donors (Lipinski definition) is 0. The SMILES string of the molecule is COC1=CC(Br)=CC(C)O1. The van der Waals surface area contributed by atoms with E-state index in [4.69, 9.17) is 9.47 Å². The van der Waals surface area contributed by atoms with Crippen molar-refractivity contribution < 1.29 is 9.47 Å². The second-order valence-corrected chi connectivity index (χ2v) is 2.96. The van der Waals surface area contributed by atoms with Crippen molar-refractivity contribution in [3.8, 4) is 0 Å². The summed E-state index contributed by atoms with van der Waals surface area (Å²) >= 11 is 3.33. The molecule has 0 radical (unpaired) electrons. The zero-order valence-corrected chi connectivity index (χ0v) is 7.51. The number of ether oxygens (including phenoxy) is 2. The van der Waals surface area contributed by atoms with E-state index in [9.17, 15) is 0 Å². The van der Waals surface area contributed by atoms with Gasteiger partial charge in [-0.2, -0.15) is 0 Å². The highest BCUT2D eigenvalue weighted by Crippen LogP contribution is 2.19. The first-order chi connectivity index (χ1) is 4.72. The maximum Gasteiger partial charge on any atom is 0.280 e. The quantitative estimate of drug-likeness (QED) is 0.653. The van der Waals surface area contributed by atoms with E-state index in [0.717, 1.165) is 4.48 Å². The van der Waals surface area contributed by atoms with Crippen molar-refractivity contribution in [2.75, 3.05) is 7.11 Å². The summed E-state index contributed by atoms with van der Waals surface area (Å²) in [5.41, 5.74) is 0. The lowest BCUT2D eigenvalue weighted by Crippen LogP contribution is -2.09. The fourth-order valence-corrected chi connectivity index (χ4v) is 1.30. The normalized spacial score (nSPS) is 24.5. The number of allylic oxidation sites excluding steroid dienone is 2. The molecule has 3 heteroatoms. The summed E-state index contributed by atoms with van der Waals surface area (Å²) in [6.45, 7) is 1.95. The van der Waals surface area contributed by atoms with Gasteiger partial charge in [-0.3, -0.25) is 0 Å². The molecule has 0 aromatic rings. The van der Waals surface area contributed by atoms with Gasteiger partial charge in [0.2, 0.25) is 0 Å². The molecule has 1 rings (SSSR count). The Bertz CT molecular complexity index is 184. The summed E-state index contributed by atoms with van der Waals surface area (Å²) in [6.07, 6.45) is 3.84. The Morgan fingerprint density at radius 3 is 2.90 bits per heavy atom. The van der Waals surface area contributed by atoms with Gasteiger partial charge in [0.1, 0.15) is 6.10 Å². The van der Waals surface area contributed by atoms with Crippen LogP contribution in [0.3, 0.4) is 0 Å². The highest BCUT2D eigenvalue weighted by Gasteiger charge is 2.09. The minimum Gasteiger partial charge on any atom is -0.469 e. The first-order valence-electron chi connectivity index (χ1n) is 3.02. The van der Waals surface area contributed by atoms with Crippen LogP contribution in [-0.2, 0) is 9.47 Å². The molecule has 0 saturated carbocycles. The van der Waals surface area contributed by atoms with Crippen LogP contribution in [0, 0.1) is 0 Å². The van der Waals surface area contributed by atoms with Gasteiger partial charge in [-0.15, -0.1) is 0 Å². The van der Waals surface area contributed by atoms with E-state index in [2.05, 4.69) is 15.9 Å². The van der Waals surface area contributed by atoms with Crippen LogP contribution in [0.4, 0.5) is 0 Å². The zero-order chi connectivity index (χ0) is 7.56. The molecule has 56 valence electrons. The van der Waals surface area contributed by atoms with Gasteiger partial charge >= 0.3 is 0 Å². The van der Waals surface area contributed by atoms with Gasteiger partial charge in [-0.05, 0) is 13.0 Å². The van der Waals surface area contributed by atoms with Crippen LogP contribution in [0.15, 0.2) is 22.6 Å². The van der Waals surface area contributed by atoms with Crippen molar-refractivity contribution in [3.63, 3.8) is 0 Å². The average molecular weight is 205 g/mol. The molecule has 1 atom stereocenters. The minimum absolute atomic E-state index is 0.0920. The summed E-state index contributed by atoms with van der Waals surface area (Å²) in [5.74, 6) is 0.557. The summed E-state index contributed by atoms with van der Waals surface area (Å²) < 4.78 is 11.1. The maximum atomic E-state index is 5.24. The molecule has 0 aromatic heterocycles. The van der Waals surface area contributed by atoms with Crippen molar-refractivity contribution in [3.05, 3.63) is 22.6 Å². The number of rotatable bonds is 1. The summed E-state index contributed by atoms with van der Waals surface area (Å²) in [4.78, 5) is 0. The van der Waals surface area contributed by atoms with Crippen molar-refractivity contribution >= 4 is 15.9 Å².